The summed E-state index contributed by atoms with van der Waals surface area (Å²) in [7, 11) is 1.57. The van der Waals surface area contributed by atoms with E-state index in [9.17, 15) is 9.59 Å². The number of furan rings is 1. The third kappa shape index (κ3) is 4.23. The molecule has 1 amide bonds. The van der Waals surface area contributed by atoms with E-state index in [-0.39, 0.29) is 23.6 Å². The molecule has 3 heterocycles. The molecule has 4 aromatic rings. The van der Waals surface area contributed by atoms with Gasteiger partial charge in [0.2, 0.25) is 5.76 Å². The summed E-state index contributed by atoms with van der Waals surface area (Å²) in [5.74, 6) is 1.42. The summed E-state index contributed by atoms with van der Waals surface area (Å²) in [4.78, 5) is 28.9. The Morgan fingerprint density at radius 1 is 1.09 bits per heavy atom. The van der Waals surface area contributed by atoms with E-state index in [1.165, 1.54) is 0 Å². The molecule has 0 fully saturated rings. The Balaban J connectivity index is 1.66. The number of unbranched alkanes of at least 4 members (excludes halogenated alkanes) is 1. The van der Waals surface area contributed by atoms with E-state index in [1.54, 1.807) is 48.6 Å². The standard InChI is InChI=1S/C27H24BrNO6/c1-3-4-11-34-21-9-7-16(13-22(21)32-2)24-23-25(30)19-14-17(28)8-10-20(19)35-26(23)27(31)29(24)15-18-6-5-12-33-18/h5-10,12-14,24H,3-4,11,15H2,1-2H3. The van der Waals surface area contributed by atoms with Crippen LogP contribution in [0.1, 0.15) is 53.2 Å². The lowest BCUT2D eigenvalue weighted by Gasteiger charge is -2.25. The molecule has 0 aliphatic carbocycles. The Hall–Kier alpha value is -3.52. The maximum Gasteiger partial charge on any atom is 0.291 e. The van der Waals surface area contributed by atoms with Crippen molar-refractivity contribution in [2.75, 3.05) is 13.7 Å². The van der Waals surface area contributed by atoms with Gasteiger partial charge in [-0.1, -0.05) is 35.3 Å². The molecule has 0 radical (unpaired) electrons. The van der Waals surface area contributed by atoms with Gasteiger partial charge in [0.1, 0.15) is 11.3 Å². The van der Waals surface area contributed by atoms with Gasteiger partial charge >= 0.3 is 0 Å². The van der Waals surface area contributed by atoms with Crippen molar-refractivity contribution in [3.63, 3.8) is 0 Å². The zero-order chi connectivity index (χ0) is 24.5. The molecular formula is C27H24BrNO6. The molecule has 2 aromatic carbocycles. The number of fused-ring (bicyclic) bond motifs is 2. The molecule has 2 aromatic heterocycles. The fourth-order valence-electron chi connectivity index (χ4n) is 4.37. The first-order valence-electron chi connectivity index (χ1n) is 11.4. The van der Waals surface area contributed by atoms with Crippen molar-refractivity contribution in [1.82, 2.24) is 4.90 Å². The zero-order valence-electron chi connectivity index (χ0n) is 19.4. The second kappa shape index (κ2) is 9.62. The number of halogens is 1. The molecule has 0 saturated carbocycles. The molecule has 5 rings (SSSR count). The number of rotatable bonds is 8. The van der Waals surface area contributed by atoms with Crippen LogP contribution in [0.3, 0.4) is 0 Å². The van der Waals surface area contributed by atoms with Gasteiger partial charge in [-0.05, 0) is 54.4 Å². The number of benzene rings is 2. The van der Waals surface area contributed by atoms with Gasteiger partial charge in [-0.15, -0.1) is 0 Å². The van der Waals surface area contributed by atoms with Gasteiger partial charge in [-0.2, -0.15) is 0 Å². The molecule has 1 aliphatic rings. The number of ether oxygens (including phenoxy) is 2. The lowest BCUT2D eigenvalue weighted by Crippen LogP contribution is -2.29. The van der Waals surface area contributed by atoms with Crippen LogP contribution >= 0.6 is 15.9 Å². The molecular weight excluding hydrogens is 514 g/mol. The Morgan fingerprint density at radius 3 is 2.69 bits per heavy atom. The van der Waals surface area contributed by atoms with E-state index in [1.807, 2.05) is 18.2 Å². The van der Waals surface area contributed by atoms with E-state index in [0.717, 1.165) is 17.3 Å². The fourth-order valence-corrected chi connectivity index (χ4v) is 4.73. The van der Waals surface area contributed by atoms with Crippen molar-refractivity contribution < 1.29 is 23.1 Å². The van der Waals surface area contributed by atoms with Gasteiger partial charge in [-0.25, -0.2) is 0 Å². The van der Waals surface area contributed by atoms with Crippen molar-refractivity contribution in [1.29, 1.82) is 0 Å². The second-order valence-electron chi connectivity index (χ2n) is 8.34. The predicted octanol–water partition coefficient (Wildman–Crippen LogP) is 6.08. The quantitative estimate of drug-likeness (QED) is 0.253. The molecule has 1 aliphatic heterocycles. The van der Waals surface area contributed by atoms with Crippen molar-refractivity contribution in [2.45, 2.75) is 32.4 Å². The van der Waals surface area contributed by atoms with Crippen molar-refractivity contribution in [2.24, 2.45) is 0 Å². The number of carbonyl (C=O) groups excluding carboxylic acids is 1. The summed E-state index contributed by atoms with van der Waals surface area (Å²) in [6.07, 6.45) is 3.50. The number of hydrogen-bond acceptors (Lipinski definition) is 6. The maximum absolute atomic E-state index is 13.7. The molecule has 1 atom stereocenters. The molecule has 0 bridgehead atoms. The summed E-state index contributed by atoms with van der Waals surface area (Å²) >= 11 is 3.42. The Morgan fingerprint density at radius 2 is 1.94 bits per heavy atom. The predicted molar refractivity (Wildman–Crippen MR) is 134 cm³/mol. The van der Waals surface area contributed by atoms with E-state index < -0.39 is 6.04 Å². The number of nitrogens with zero attached hydrogens (tertiary/aromatic N) is 1. The van der Waals surface area contributed by atoms with E-state index >= 15 is 0 Å². The van der Waals surface area contributed by atoms with Crippen molar-refractivity contribution in [3.8, 4) is 11.5 Å². The van der Waals surface area contributed by atoms with Crippen LogP contribution in [-0.4, -0.2) is 24.5 Å². The average molecular weight is 538 g/mol. The van der Waals surface area contributed by atoms with E-state index in [0.29, 0.717) is 46.0 Å². The Bertz CT molecular complexity index is 1440. The first-order chi connectivity index (χ1) is 17.0. The summed E-state index contributed by atoms with van der Waals surface area (Å²) < 4.78 is 23.7. The summed E-state index contributed by atoms with van der Waals surface area (Å²) in [5.41, 5.74) is 1.13. The molecule has 1 unspecified atom stereocenters. The van der Waals surface area contributed by atoms with E-state index in [2.05, 4.69) is 22.9 Å². The normalized spacial score (nSPS) is 15.0. The highest BCUT2D eigenvalue weighted by molar-refractivity contribution is 9.10. The average Bonchev–Trinajstić information content (AvgIpc) is 3.47. The van der Waals surface area contributed by atoms with Gasteiger partial charge in [-0.3, -0.25) is 9.59 Å². The van der Waals surface area contributed by atoms with Crippen LogP contribution in [0.2, 0.25) is 0 Å². The smallest absolute Gasteiger partial charge is 0.291 e. The Labute approximate surface area is 210 Å². The van der Waals surface area contributed by atoms with Gasteiger partial charge in [0.25, 0.3) is 5.91 Å². The highest BCUT2D eigenvalue weighted by atomic mass is 79.9. The zero-order valence-corrected chi connectivity index (χ0v) is 21.0. The number of methoxy groups -OCH3 is 1. The largest absolute Gasteiger partial charge is 0.493 e. The fraction of sp³-hybridized carbons (Fsp3) is 0.259. The van der Waals surface area contributed by atoms with Crippen LogP contribution in [0.25, 0.3) is 11.0 Å². The third-order valence-corrected chi connectivity index (χ3v) is 6.59. The molecule has 0 saturated heterocycles. The minimum atomic E-state index is -0.680. The summed E-state index contributed by atoms with van der Waals surface area (Å²) in [6, 6.07) is 13.5. The SMILES string of the molecule is CCCCOc1ccc(C2c3c(oc4ccc(Br)cc4c3=O)C(=O)N2Cc2ccco2)cc1OC. The lowest BCUT2D eigenvalue weighted by atomic mass is 9.98. The highest BCUT2D eigenvalue weighted by Gasteiger charge is 2.43. The number of carbonyl (C=O) groups is 1. The minimum Gasteiger partial charge on any atom is -0.493 e. The van der Waals surface area contributed by atoms with Crippen LogP contribution < -0.4 is 14.9 Å². The van der Waals surface area contributed by atoms with Crippen LogP contribution in [0.15, 0.2) is 72.9 Å². The highest BCUT2D eigenvalue weighted by Crippen LogP contribution is 2.42. The van der Waals surface area contributed by atoms with Gasteiger partial charge in [0.15, 0.2) is 16.9 Å². The van der Waals surface area contributed by atoms with Crippen LogP contribution in [-0.2, 0) is 6.54 Å². The molecule has 8 heteroatoms. The minimum absolute atomic E-state index is 0.0450. The summed E-state index contributed by atoms with van der Waals surface area (Å²) in [6.45, 7) is 2.85. The second-order valence-corrected chi connectivity index (χ2v) is 9.26. The van der Waals surface area contributed by atoms with Crippen LogP contribution in [0, 0.1) is 0 Å². The molecule has 7 nitrogen and oxygen atoms in total. The van der Waals surface area contributed by atoms with Crippen LogP contribution in [0.5, 0.6) is 11.5 Å². The van der Waals surface area contributed by atoms with Crippen molar-refractivity contribution in [3.05, 3.63) is 92.1 Å². The van der Waals surface area contributed by atoms with Gasteiger partial charge < -0.3 is 23.2 Å². The molecule has 0 N–H and O–H groups in total. The van der Waals surface area contributed by atoms with Crippen molar-refractivity contribution >= 4 is 32.8 Å². The molecule has 0 spiro atoms. The first kappa shape index (κ1) is 23.2. The first-order valence-corrected chi connectivity index (χ1v) is 12.2. The molecule has 180 valence electrons. The van der Waals surface area contributed by atoms with E-state index in [4.69, 9.17) is 18.3 Å². The maximum atomic E-state index is 13.7. The van der Waals surface area contributed by atoms with Gasteiger partial charge in [0, 0.05) is 4.47 Å². The number of amides is 1. The number of hydrogen-bond donors (Lipinski definition) is 0. The lowest BCUT2D eigenvalue weighted by molar-refractivity contribution is 0.0701. The van der Waals surface area contributed by atoms with Gasteiger partial charge in [0.05, 0.1) is 43.5 Å². The Kier molecular flexibility index (Phi) is 6.38. The monoisotopic (exact) mass is 537 g/mol. The third-order valence-electron chi connectivity index (χ3n) is 6.09. The summed E-state index contributed by atoms with van der Waals surface area (Å²) in [5, 5.41) is 0.405. The topological polar surface area (TPSA) is 82.1 Å². The van der Waals surface area contributed by atoms with Crippen LogP contribution in [0.4, 0.5) is 0 Å². The molecule has 35 heavy (non-hydrogen) atoms.